The van der Waals surface area contributed by atoms with Crippen LogP contribution in [0.1, 0.15) is 25.1 Å². The van der Waals surface area contributed by atoms with Gasteiger partial charge in [-0.3, -0.25) is 4.90 Å². The van der Waals surface area contributed by atoms with Gasteiger partial charge in [0, 0.05) is 63.5 Å². The second-order valence-electron chi connectivity index (χ2n) is 5.69. The average molecular weight is 261 g/mol. The third-order valence-corrected chi connectivity index (χ3v) is 4.08. The van der Waals surface area contributed by atoms with Crippen molar-refractivity contribution in [1.82, 2.24) is 20.2 Å². The van der Waals surface area contributed by atoms with Crippen molar-refractivity contribution in [2.75, 3.05) is 37.6 Å². The predicted molar refractivity (Wildman–Crippen MR) is 76.4 cm³/mol. The largest absolute Gasteiger partial charge is 0.338 e. The Morgan fingerprint density at radius 2 is 2.00 bits per heavy atom. The van der Waals surface area contributed by atoms with E-state index in [2.05, 4.69) is 33.9 Å². The van der Waals surface area contributed by atoms with Crippen LogP contribution >= 0.6 is 0 Å². The minimum atomic E-state index is 0.598. The molecule has 1 N–H and O–H groups in total. The van der Waals surface area contributed by atoms with Gasteiger partial charge >= 0.3 is 0 Å². The SMILES string of the molecule is CC(C)N1CCc2nc(N3CCNCC3)ncc2C1. The summed E-state index contributed by atoms with van der Waals surface area (Å²) in [4.78, 5) is 14.1. The molecule has 0 radical (unpaired) electrons. The van der Waals surface area contributed by atoms with Crippen molar-refractivity contribution >= 4 is 5.95 Å². The van der Waals surface area contributed by atoms with Crippen LogP contribution in [0.15, 0.2) is 6.20 Å². The van der Waals surface area contributed by atoms with Gasteiger partial charge in [0.25, 0.3) is 0 Å². The summed E-state index contributed by atoms with van der Waals surface area (Å²) in [7, 11) is 0. The molecule has 5 nitrogen and oxygen atoms in total. The molecule has 0 aliphatic carbocycles. The fourth-order valence-electron chi connectivity index (χ4n) is 2.79. The molecule has 19 heavy (non-hydrogen) atoms. The fraction of sp³-hybridized carbons (Fsp3) is 0.714. The Balaban J connectivity index is 1.77. The van der Waals surface area contributed by atoms with E-state index in [4.69, 9.17) is 4.98 Å². The van der Waals surface area contributed by atoms with Gasteiger partial charge in [-0.15, -0.1) is 0 Å². The van der Waals surface area contributed by atoms with Crippen LogP contribution in [-0.2, 0) is 13.0 Å². The van der Waals surface area contributed by atoms with Crippen LogP contribution in [0.25, 0.3) is 0 Å². The van der Waals surface area contributed by atoms with Crippen LogP contribution < -0.4 is 10.2 Å². The summed E-state index contributed by atoms with van der Waals surface area (Å²) in [5.74, 6) is 0.915. The van der Waals surface area contributed by atoms with Gasteiger partial charge in [0.05, 0.1) is 5.69 Å². The molecule has 0 saturated carbocycles. The van der Waals surface area contributed by atoms with Gasteiger partial charge in [-0.05, 0) is 13.8 Å². The maximum Gasteiger partial charge on any atom is 0.225 e. The van der Waals surface area contributed by atoms with Gasteiger partial charge < -0.3 is 10.2 Å². The van der Waals surface area contributed by atoms with E-state index in [1.54, 1.807) is 0 Å². The summed E-state index contributed by atoms with van der Waals surface area (Å²) >= 11 is 0. The number of nitrogens with one attached hydrogen (secondary N) is 1. The molecule has 0 aromatic carbocycles. The standard InChI is InChI=1S/C14H23N5/c1-11(2)19-6-3-13-12(10-19)9-16-14(17-13)18-7-4-15-5-8-18/h9,11,15H,3-8,10H2,1-2H3. The molecule has 3 rings (SSSR count). The van der Waals surface area contributed by atoms with Crippen molar-refractivity contribution in [2.45, 2.75) is 32.9 Å². The zero-order valence-corrected chi connectivity index (χ0v) is 11.9. The molecular formula is C14H23N5. The number of hydrogen-bond donors (Lipinski definition) is 1. The second-order valence-corrected chi connectivity index (χ2v) is 5.69. The number of rotatable bonds is 2. The predicted octanol–water partition coefficient (Wildman–Crippen LogP) is 0.653. The first-order valence-corrected chi connectivity index (χ1v) is 7.28. The normalized spacial score (nSPS) is 20.7. The minimum absolute atomic E-state index is 0.598. The average Bonchev–Trinajstić information content (AvgIpc) is 2.47. The lowest BCUT2D eigenvalue weighted by Gasteiger charge is -2.32. The molecule has 1 saturated heterocycles. The van der Waals surface area contributed by atoms with E-state index in [-0.39, 0.29) is 0 Å². The van der Waals surface area contributed by atoms with Crippen molar-refractivity contribution in [3.63, 3.8) is 0 Å². The molecule has 0 amide bonds. The number of nitrogens with zero attached hydrogens (tertiary/aromatic N) is 4. The third kappa shape index (κ3) is 2.72. The van der Waals surface area contributed by atoms with Crippen molar-refractivity contribution in [3.8, 4) is 0 Å². The Morgan fingerprint density at radius 3 is 2.74 bits per heavy atom. The molecule has 2 aliphatic rings. The highest BCUT2D eigenvalue weighted by atomic mass is 15.3. The molecule has 3 heterocycles. The van der Waals surface area contributed by atoms with E-state index >= 15 is 0 Å². The molecule has 1 aromatic heterocycles. The van der Waals surface area contributed by atoms with E-state index in [9.17, 15) is 0 Å². The van der Waals surface area contributed by atoms with Gasteiger partial charge in [0.15, 0.2) is 0 Å². The third-order valence-electron chi connectivity index (χ3n) is 4.08. The van der Waals surface area contributed by atoms with Crippen LogP contribution in [0.5, 0.6) is 0 Å². The maximum atomic E-state index is 4.79. The topological polar surface area (TPSA) is 44.3 Å². The Hall–Kier alpha value is -1.20. The summed E-state index contributed by atoms with van der Waals surface area (Å²) in [6.07, 6.45) is 3.09. The van der Waals surface area contributed by atoms with E-state index in [0.717, 1.165) is 51.6 Å². The summed E-state index contributed by atoms with van der Waals surface area (Å²) in [5, 5.41) is 3.36. The lowest BCUT2D eigenvalue weighted by molar-refractivity contribution is 0.201. The van der Waals surface area contributed by atoms with Crippen molar-refractivity contribution in [2.24, 2.45) is 0 Å². The van der Waals surface area contributed by atoms with Crippen LogP contribution in [-0.4, -0.2) is 53.6 Å². The van der Waals surface area contributed by atoms with E-state index in [0.29, 0.717) is 6.04 Å². The molecule has 0 spiro atoms. The van der Waals surface area contributed by atoms with E-state index in [1.165, 1.54) is 11.3 Å². The first-order valence-electron chi connectivity index (χ1n) is 7.28. The van der Waals surface area contributed by atoms with E-state index < -0.39 is 0 Å². The summed E-state index contributed by atoms with van der Waals surface area (Å²) < 4.78 is 0. The van der Waals surface area contributed by atoms with Crippen molar-refractivity contribution in [3.05, 3.63) is 17.5 Å². The molecule has 0 atom stereocenters. The highest BCUT2D eigenvalue weighted by Gasteiger charge is 2.21. The first kappa shape index (κ1) is 12.8. The zero-order valence-electron chi connectivity index (χ0n) is 11.9. The number of hydrogen-bond acceptors (Lipinski definition) is 5. The lowest BCUT2D eigenvalue weighted by Crippen LogP contribution is -2.44. The number of piperazine rings is 1. The molecule has 0 bridgehead atoms. The Bertz CT molecular complexity index is 439. The molecule has 5 heteroatoms. The monoisotopic (exact) mass is 261 g/mol. The van der Waals surface area contributed by atoms with Crippen LogP contribution in [0, 0.1) is 0 Å². The second kappa shape index (κ2) is 5.43. The molecule has 0 unspecified atom stereocenters. The number of fused-ring (bicyclic) bond motifs is 1. The first-order chi connectivity index (χ1) is 9.24. The van der Waals surface area contributed by atoms with Crippen LogP contribution in [0.4, 0.5) is 5.95 Å². The minimum Gasteiger partial charge on any atom is -0.338 e. The van der Waals surface area contributed by atoms with Gasteiger partial charge in [-0.25, -0.2) is 9.97 Å². The summed E-state index contributed by atoms with van der Waals surface area (Å²) in [6, 6.07) is 0.598. The summed E-state index contributed by atoms with van der Waals surface area (Å²) in [6.45, 7) is 10.7. The smallest absolute Gasteiger partial charge is 0.225 e. The number of aromatic nitrogens is 2. The Morgan fingerprint density at radius 1 is 1.21 bits per heavy atom. The lowest BCUT2D eigenvalue weighted by atomic mass is 10.1. The highest BCUT2D eigenvalue weighted by molar-refractivity contribution is 5.34. The molecule has 1 aromatic rings. The van der Waals surface area contributed by atoms with Crippen LogP contribution in [0.3, 0.4) is 0 Å². The molecule has 104 valence electrons. The van der Waals surface area contributed by atoms with Crippen molar-refractivity contribution in [1.29, 1.82) is 0 Å². The van der Waals surface area contributed by atoms with Crippen LogP contribution in [0.2, 0.25) is 0 Å². The Kier molecular flexibility index (Phi) is 3.66. The van der Waals surface area contributed by atoms with Gasteiger partial charge in [-0.1, -0.05) is 0 Å². The molecule has 2 aliphatic heterocycles. The maximum absolute atomic E-state index is 4.79. The summed E-state index contributed by atoms with van der Waals surface area (Å²) in [5.41, 5.74) is 2.55. The quantitative estimate of drug-likeness (QED) is 0.847. The van der Waals surface area contributed by atoms with Crippen molar-refractivity contribution < 1.29 is 0 Å². The zero-order chi connectivity index (χ0) is 13.2. The number of anilines is 1. The van der Waals surface area contributed by atoms with Gasteiger partial charge in [-0.2, -0.15) is 0 Å². The fourth-order valence-corrected chi connectivity index (χ4v) is 2.79. The molecule has 1 fully saturated rings. The van der Waals surface area contributed by atoms with Gasteiger partial charge in [0.1, 0.15) is 0 Å². The van der Waals surface area contributed by atoms with Gasteiger partial charge in [0.2, 0.25) is 5.95 Å². The van der Waals surface area contributed by atoms with E-state index in [1.807, 2.05) is 6.20 Å². The highest BCUT2D eigenvalue weighted by Crippen LogP contribution is 2.20. The Labute approximate surface area is 115 Å². The molecular weight excluding hydrogens is 238 g/mol.